The summed E-state index contributed by atoms with van der Waals surface area (Å²) in [5, 5.41) is 2.74. The molecule has 1 saturated heterocycles. The van der Waals surface area contributed by atoms with E-state index in [2.05, 4.69) is 5.32 Å². The van der Waals surface area contributed by atoms with Gasteiger partial charge in [0.15, 0.2) is 0 Å². The number of nitrogens with one attached hydrogen (secondary N) is 1. The third-order valence-corrected chi connectivity index (χ3v) is 9.28. The number of nitrogens with zero attached hydrogens (tertiary/aromatic N) is 2. The third kappa shape index (κ3) is 5.48. The van der Waals surface area contributed by atoms with Gasteiger partial charge in [-0.05, 0) is 68.3 Å². The summed E-state index contributed by atoms with van der Waals surface area (Å²) in [6, 6.07) is 12.4. The van der Waals surface area contributed by atoms with Gasteiger partial charge in [0.2, 0.25) is 20.0 Å². The predicted octanol–water partition coefficient (Wildman–Crippen LogP) is 3.29. The molecule has 1 fully saturated rings. The molecule has 0 aliphatic carbocycles. The van der Waals surface area contributed by atoms with Gasteiger partial charge in [0.1, 0.15) is 0 Å². The summed E-state index contributed by atoms with van der Waals surface area (Å²) in [6.45, 7) is 2.63. The van der Waals surface area contributed by atoms with Crippen LogP contribution in [0.2, 0.25) is 0 Å². The summed E-state index contributed by atoms with van der Waals surface area (Å²) >= 11 is 0. The molecule has 0 aromatic heterocycles. The molecule has 1 aliphatic rings. The fourth-order valence-corrected chi connectivity index (χ4v) is 5.87. The number of carbonyl (C=O) groups excluding carboxylic acids is 1. The van der Waals surface area contributed by atoms with E-state index < -0.39 is 20.0 Å². The summed E-state index contributed by atoms with van der Waals surface area (Å²) in [7, 11) is -5.45. The highest BCUT2D eigenvalue weighted by Crippen LogP contribution is 2.22. The first-order valence-electron chi connectivity index (χ1n) is 10.6. The van der Waals surface area contributed by atoms with E-state index in [1.54, 1.807) is 43.3 Å². The molecular formula is C22H29N3O5S2. The van der Waals surface area contributed by atoms with E-state index in [0.29, 0.717) is 30.0 Å². The van der Waals surface area contributed by atoms with Gasteiger partial charge in [-0.2, -0.15) is 4.31 Å². The molecule has 1 amide bonds. The number of carbonyl (C=O) groups is 1. The van der Waals surface area contributed by atoms with Crippen LogP contribution >= 0.6 is 0 Å². The summed E-state index contributed by atoms with van der Waals surface area (Å²) in [5.41, 5.74) is 1.29. The van der Waals surface area contributed by atoms with Gasteiger partial charge in [0, 0.05) is 31.4 Å². The highest BCUT2D eigenvalue weighted by atomic mass is 32.2. The van der Waals surface area contributed by atoms with Crippen LogP contribution in [-0.2, 0) is 20.0 Å². The Kier molecular flexibility index (Phi) is 7.58. The number of hydrogen-bond acceptors (Lipinski definition) is 5. The Bertz CT molecular complexity index is 1140. The van der Waals surface area contributed by atoms with Crippen molar-refractivity contribution in [2.24, 2.45) is 0 Å². The van der Waals surface area contributed by atoms with E-state index in [1.165, 1.54) is 27.8 Å². The van der Waals surface area contributed by atoms with Crippen LogP contribution in [0.1, 0.15) is 43.0 Å². The lowest BCUT2D eigenvalue weighted by atomic mass is 10.2. The largest absolute Gasteiger partial charge is 0.322 e. The molecule has 0 atom stereocenters. The second-order valence-corrected chi connectivity index (χ2v) is 11.9. The zero-order valence-electron chi connectivity index (χ0n) is 18.3. The Balaban J connectivity index is 1.68. The second-order valence-electron chi connectivity index (χ2n) is 7.71. The zero-order valence-corrected chi connectivity index (χ0v) is 20.0. The van der Waals surface area contributed by atoms with Crippen LogP contribution in [0.4, 0.5) is 11.4 Å². The molecule has 10 heteroatoms. The van der Waals surface area contributed by atoms with Gasteiger partial charge in [-0.15, -0.1) is 0 Å². The van der Waals surface area contributed by atoms with Crippen molar-refractivity contribution in [3.8, 4) is 0 Å². The van der Waals surface area contributed by atoms with Crippen LogP contribution in [0.15, 0.2) is 53.4 Å². The van der Waals surface area contributed by atoms with E-state index in [9.17, 15) is 21.6 Å². The Hall–Kier alpha value is -2.43. The maximum Gasteiger partial charge on any atom is 0.255 e. The highest BCUT2D eigenvalue weighted by molar-refractivity contribution is 7.92. The Labute approximate surface area is 190 Å². The normalized spacial score (nSPS) is 15.7. The van der Waals surface area contributed by atoms with Crippen LogP contribution in [0.3, 0.4) is 0 Å². The standard InChI is InChI=1S/C22H29N3O5S2/c1-3-31(27,28)24(2)20-12-8-18(9-13-20)22(26)23-19-10-14-21(15-11-19)32(29,30)25-16-6-4-5-7-17-25/h8-15H,3-7,16-17H2,1-2H3,(H,23,26). The van der Waals surface area contributed by atoms with Crippen LogP contribution < -0.4 is 9.62 Å². The maximum atomic E-state index is 12.9. The first kappa shape index (κ1) is 24.2. The van der Waals surface area contributed by atoms with Crippen molar-refractivity contribution in [1.82, 2.24) is 4.31 Å². The molecule has 0 saturated carbocycles. The van der Waals surface area contributed by atoms with Crippen LogP contribution in [0, 0.1) is 0 Å². The number of hydrogen-bond donors (Lipinski definition) is 1. The van der Waals surface area contributed by atoms with E-state index >= 15 is 0 Å². The molecule has 0 spiro atoms. The third-order valence-electron chi connectivity index (χ3n) is 5.59. The molecule has 0 bridgehead atoms. The molecule has 0 unspecified atom stereocenters. The molecule has 1 N–H and O–H groups in total. The van der Waals surface area contributed by atoms with E-state index in [0.717, 1.165) is 25.7 Å². The molecule has 3 rings (SSSR count). The molecule has 2 aromatic carbocycles. The van der Waals surface area contributed by atoms with Crippen molar-refractivity contribution in [2.45, 2.75) is 37.5 Å². The van der Waals surface area contributed by atoms with Crippen LogP contribution in [0.25, 0.3) is 0 Å². The SMILES string of the molecule is CCS(=O)(=O)N(C)c1ccc(C(=O)Nc2ccc(S(=O)(=O)N3CCCCCC3)cc2)cc1. The van der Waals surface area contributed by atoms with Crippen LogP contribution in [-0.4, -0.2) is 52.9 Å². The lowest BCUT2D eigenvalue weighted by Gasteiger charge is -2.20. The van der Waals surface area contributed by atoms with Crippen molar-refractivity contribution in [3.05, 3.63) is 54.1 Å². The lowest BCUT2D eigenvalue weighted by Crippen LogP contribution is -2.31. The van der Waals surface area contributed by atoms with Crippen molar-refractivity contribution in [1.29, 1.82) is 0 Å². The van der Waals surface area contributed by atoms with E-state index in [1.807, 2.05) is 0 Å². The Morgan fingerprint density at radius 3 is 2.00 bits per heavy atom. The van der Waals surface area contributed by atoms with Crippen molar-refractivity contribution >= 4 is 37.3 Å². The number of sulfonamides is 2. The van der Waals surface area contributed by atoms with Gasteiger partial charge in [-0.25, -0.2) is 16.8 Å². The molecule has 174 valence electrons. The van der Waals surface area contributed by atoms with Gasteiger partial charge in [-0.1, -0.05) is 12.8 Å². The van der Waals surface area contributed by atoms with Crippen molar-refractivity contribution < 1.29 is 21.6 Å². The molecule has 2 aromatic rings. The topological polar surface area (TPSA) is 104 Å². The van der Waals surface area contributed by atoms with E-state index in [4.69, 9.17) is 0 Å². The molecule has 8 nitrogen and oxygen atoms in total. The smallest absolute Gasteiger partial charge is 0.255 e. The molecule has 0 radical (unpaired) electrons. The minimum atomic E-state index is -3.54. The molecular weight excluding hydrogens is 450 g/mol. The first-order chi connectivity index (χ1) is 15.1. The minimum Gasteiger partial charge on any atom is -0.322 e. The van der Waals surface area contributed by atoms with Gasteiger partial charge in [0.25, 0.3) is 5.91 Å². The van der Waals surface area contributed by atoms with Crippen LogP contribution in [0.5, 0.6) is 0 Å². The number of benzene rings is 2. The number of amides is 1. The molecule has 32 heavy (non-hydrogen) atoms. The fourth-order valence-electron chi connectivity index (χ4n) is 3.52. The number of rotatable bonds is 7. The number of anilines is 2. The summed E-state index contributed by atoms with van der Waals surface area (Å²) in [5.74, 6) is -0.393. The molecule has 1 aliphatic heterocycles. The highest BCUT2D eigenvalue weighted by Gasteiger charge is 2.25. The summed E-state index contributed by atoms with van der Waals surface area (Å²) < 4.78 is 52.4. The van der Waals surface area contributed by atoms with Crippen molar-refractivity contribution in [3.63, 3.8) is 0 Å². The summed E-state index contributed by atoms with van der Waals surface area (Å²) in [6.07, 6.45) is 3.82. The van der Waals surface area contributed by atoms with Gasteiger partial charge in [0.05, 0.1) is 16.3 Å². The fraction of sp³-hybridized carbons (Fsp3) is 0.409. The molecule has 1 heterocycles. The Morgan fingerprint density at radius 2 is 1.47 bits per heavy atom. The predicted molar refractivity (Wildman–Crippen MR) is 126 cm³/mol. The van der Waals surface area contributed by atoms with Gasteiger partial charge < -0.3 is 5.32 Å². The Morgan fingerprint density at radius 1 is 0.906 bits per heavy atom. The lowest BCUT2D eigenvalue weighted by molar-refractivity contribution is 0.102. The second kappa shape index (κ2) is 10.0. The minimum absolute atomic E-state index is 0.0186. The first-order valence-corrected chi connectivity index (χ1v) is 13.7. The monoisotopic (exact) mass is 479 g/mol. The zero-order chi connectivity index (χ0) is 23.4. The van der Waals surface area contributed by atoms with Gasteiger partial charge >= 0.3 is 0 Å². The van der Waals surface area contributed by atoms with E-state index in [-0.39, 0.29) is 16.6 Å². The maximum absolute atomic E-state index is 12.9. The summed E-state index contributed by atoms with van der Waals surface area (Å²) in [4.78, 5) is 12.8. The van der Waals surface area contributed by atoms with Crippen molar-refractivity contribution in [2.75, 3.05) is 35.5 Å². The average molecular weight is 480 g/mol. The quantitative estimate of drug-likeness (QED) is 0.656. The average Bonchev–Trinajstić information content (AvgIpc) is 3.09. The van der Waals surface area contributed by atoms with Gasteiger partial charge in [-0.3, -0.25) is 9.10 Å².